The Morgan fingerprint density at radius 3 is 2.65 bits per heavy atom. The molecule has 2 rings (SSSR count). The van der Waals surface area contributed by atoms with Crippen molar-refractivity contribution in [2.75, 3.05) is 6.54 Å². The number of aromatic amines is 1. The highest BCUT2D eigenvalue weighted by atomic mass is 19.1. The molecule has 0 fully saturated rings. The number of hydrogen-bond donors (Lipinski definition) is 3. The molecule has 0 spiro atoms. The average molecular weight is 237 g/mol. The predicted octanol–water partition coefficient (Wildman–Crippen LogP) is 0.297. The highest BCUT2D eigenvalue weighted by Gasteiger charge is 2.11. The number of halogens is 1. The van der Waals surface area contributed by atoms with Crippen LogP contribution in [0.4, 0.5) is 4.39 Å². The first kappa shape index (κ1) is 11.6. The lowest BCUT2D eigenvalue weighted by Crippen LogP contribution is -2.14. The van der Waals surface area contributed by atoms with E-state index in [0.717, 1.165) is 0 Å². The van der Waals surface area contributed by atoms with E-state index in [1.807, 2.05) is 0 Å². The van der Waals surface area contributed by atoms with Gasteiger partial charge in [-0.3, -0.25) is 9.89 Å². The predicted molar refractivity (Wildman–Crippen MR) is 60.4 cm³/mol. The highest BCUT2D eigenvalue weighted by molar-refractivity contribution is 5.31. The largest absolute Gasteiger partial charge is 0.385 e. The molecule has 1 aromatic carbocycles. The zero-order valence-corrected chi connectivity index (χ0v) is 8.93. The second-order valence-electron chi connectivity index (χ2n) is 3.61. The molecule has 0 saturated carbocycles. The quantitative estimate of drug-likeness (QED) is 0.717. The van der Waals surface area contributed by atoms with Crippen LogP contribution in [0.1, 0.15) is 11.8 Å². The van der Waals surface area contributed by atoms with Crippen LogP contribution in [0.3, 0.4) is 0 Å². The van der Waals surface area contributed by atoms with Crippen LogP contribution >= 0.6 is 0 Å². The molecule has 5 nitrogen and oxygen atoms in total. The summed E-state index contributed by atoms with van der Waals surface area (Å²) in [5.41, 5.74) is 5.78. The number of rotatable bonds is 3. The molecule has 90 valence electrons. The van der Waals surface area contributed by atoms with Crippen LogP contribution in [0.2, 0.25) is 0 Å². The Balaban J connectivity index is 2.42. The van der Waals surface area contributed by atoms with E-state index in [-0.39, 0.29) is 17.9 Å². The minimum absolute atomic E-state index is 0.0172. The van der Waals surface area contributed by atoms with Gasteiger partial charge in [0.1, 0.15) is 11.9 Å². The first-order chi connectivity index (χ1) is 8.11. The molecule has 6 heteroatoms. The maximum atomic E-state index is 12.7. The maximum Gasteiger partial charge on any atom is 0.271 e. The zero-order valence-electron chi connectivity index (χ0n) is 8.93. The number of nitrogens with one attached hydrogen (secondary N) is 1. The number of nitrogens with two attached hydrogens (primary N) is 1. The Kier molecular flexibility index (Phi) is 3.08. The van der Waals surface area contributed by atoms with Gasteiger partial charge in [0.2, 0.25) is 0 Å². The molecular weight excluding hydrogens is 225 g/mol. The Labute approximate surface area is 96.3 Å². The maximum absolute atomic E-state index is 12.7. The fourth-order valence-corrected chi connectivity index (χ4v) is 1.49. The molecule has 0 aliphatic carbocycles. The minimum Gasteiger partial charge on any atom is -0.385 e. The summed E-state index contributed by atoms with van der Waals surface area (Å²) in [4.78, 5) is 11.6. The second kappa shape index (κ2) is 4.52. The number of aliphatic hydroxyl groups is 1. The fourth-order valence-electron chi connectivity index (χ4n) is 1.49. The Hall–Kier alpha value is -1.92. The van der Waals surface area contributed by atoms with Crippen molar-refractivity contribution in [1.29, 1.82) is 0 Å². The van der Waals surface area contributed by atoms with Crippen LogP contribution in [-0.4, -0.2) is 21.4 Å². The normalized spacial score (nSPS) is 12.6. The number of nitrogens with zero attached hydrogens (tertiary/aromatic N) is 1. The van der Waals surface area contributed by atoms with E-state index in [4.69, 9.17) is 5.73 Å². The Bertz CT molecular complexity index is 559. The Morgan fingerprint density at radius 1 is 1.41 bits per heavy atom. The zero-order chi connectivity index (χ0) is 12.4. The van der Waals surface area contributed by atoms with Crippen LogP contribution in [0, 0.1) is 5.82 Å². The standard InChI is InChI=1S/C11H12FN3O2/c12-7-1-3-8(4-2-7)15-11(17)5-9(14-15)10(16)6-13/h1-5,10,14,16H,6,13H2. The number of hydrogen-bond acceptors (Lipinski definition) is 3. The summed E-state index contributed by atoms with van der Waals surface area (Å²) in [5.74, 6) is -0.379. The molecule has 2 aromatic rings. The van der Waals surface area contributed by atoms with Gasteiger partial charge < -0.3 is 10.8 Å². The molecule has 17 heavy (non-hydrogen) atoms. The molecule has 1 aromatic heterocycles. The Morgan fingerprint density at radius 2 is 2.06 bits per heavy atom. The van der Waals surface area contributed by atoms with Crippen molar-refractivity contribution in [2.24, 2.45) is 5.73 Å². The summed E-state index contributed by atoms with van der Waals surface area (Å²) in [6.07, 6.45) is -0.913. The molecule has 1 atom stereocenters. The van der Waals surface area contributed by atoms with Crippen molar-refractivity contribution < 1.29 is 9.50 Å². The number of H-pyrrole nitrogens is 1. The third-order valence-electron chi connectivity index (χ3n) is 2.41. The summed E-state index contributed by atoms with van der Waals surface area (Å²) >= 11 is 0. The van der Waals surface area contributed by atoms with E-state index in [2.05, 4.69) is 5.10 Å². The van der Waals surface area contributed by atoms with Crippen LogP contribution < -0.4 is 11.3 Å². The molecular formula is C11H12FN3O2. The second-order valence-corrected chi connectivity index (χ2v) is 3.61. The number of aliphatic hydroxyl groups excluding tert-OH is 1. The van der Waals surface area contributed by atoms with E-state index in [1.165, 1.54) is 35.0 Å². The van der Waals surface area contributed by atoms with E-state index >= 15 is 0 Å². The van der Waals surface area contributed by atoms with Crippen LogP contribution in [0.15, 0.2) is 35.1 Å². The third-order valence-corrected chi connectivity index (χ3v) is 2.41. The summed E-state index contributed by atoms with van der Waals surface area (Å²) in [6.45, 7) is 0.0172. The van der Waals surface area contributed by atoms with Crippen molar-refractivity contribution in [3.63, 3.8) is 0 Å². The van der Waals surface area contributed by atoms with E-state index in [1.54, 1.807) is 0 Å². The van der Waals surface area contributed by atoms with Gasteiger partial charge in [-0.2, -0.15) is 0 Å². The van der Waals surface area contributed by atoms with Crippen molar-refractivity contribution in [3.8, 4) is 5.69 Å². The molecule has 1 unspecified atom stereocenters. The van der Waals surface area contributed by atoms with Gasteiger partial charge in [-0.25, -0.2) is 9.07 Å². The molecule has 0 aliphatic rings. The summed E-state index contributed by atoms with van der Waals surface area (Å²) in [6, 6.07) is 6.70. The SMILES string of the molecule is NCC(O)c1cc(=O)n(-c2ccc(F)cc2)[nH]1. The molecule has 0 amide bonds. The van der Waals surface area contributed by atoms with E-state index in [0.29, 0.717) is 11.4 Å². The summed E-state index contributed by atoms with van der Waals surface area (Å²) in [7, 11) is 0. The first-order valence-corrected chi connectivity index (χ1v) is 5.08. The van der Waals surface area contributed by atoms with Gasteiger partial charge >= 0.3 is 0 Å². The monoisotopic (exact) mass is 237 g/mol. The molecule has 0 aliphatic heterocycles. The van der Waals surface area contributed by atoms with Crippen molar-refractivity contribution in [3.05, 3.63) is 52.2 Å². The lowest BCUT2D eigenvalue weighted by molar-refractivity contribution is 0.181. The van der Waals surface area contributed by atoms with Crippen molar-refractivity contribution >= 4 is 0 Å². The van der Waals surface area contributed by atoms with Crippen LogP contribution in [0.25, 0.3) is 5.69 Å². The summed E-state index contributed by atoms with van der Waals surface area (Å²) in [5, 5.41) is 12.2. The molecule has 0 saturated heterocycles. The first-order valence-electron chi connectivity index (χ1n) is 5.08. The van der Waals surface area contributed by atoms with Gasteiger partial charge in [-0.1, -0.05) is 0 Å². The van der Waals surface area contributed by atoms with Gasteiger partial charge in [0.25, 0.3) is 5.56 Å². The molecule has 1 heterocycles. The van der Waals surface area contributed by atoms with E-state index in [9.17, 15) is 14.3 Å². The van der Waals surface area contributed by atoms with Crippen molar-refractivity contribution in [1.82, 2.24) is 9.78 Å². The fraction of sp³-hybridized carbons (Fsp3) is 0.182. The number of benzene rings is 1. The topological polar surface area (TPSA) is 84.0 Å². The third kappa shape index (κ3) is 2.27. The smallest absolute Gasteiger partial charge is 0.271 e. The van der Waals surface area contributed by atoms with Crippen molar-refractivity contribution in [2.45, 2.75) is 6.10 Å². The molecule has 0 bridgehead atoms. The average Bonchev–Trinajstić information content (AvgIpc) is 2.71. The minimum atomic E-state index is -0.913. The highest BCUT2D eigenvalue weighted by Crippen LogP contribution is 2.09. The number of aromatic nitrogens is 2. The molecule has 4 N–H and O–H groups in total. The van der Waals surface area contributed by atoms with Gasteiger partial charge in [-0.15, -0.1) is 0 Å². The van der Waals surface area contributed by atoms with E-state index < -0.39 is 6.10 Å². The van der Waals surface area contributed by atoms with Gasteiger partial charge in [-0.05, 0) is 24.3 Å². The van der Waals surface area contributed by atoms with Gasteiger partial charge in [0.15, 0.2) is 0 Å². The van der Waals surface area contributed by atoms with Gasteiger partial charge in [0.05, 0.1) is 11.4 Å². The lowest BCUT2D eigenvalue weighted by atomic mass is 10.3. The lowest BCUT2D eigenvalue weighted by Gasteiger charge is -2.05. The summed E-state index contributed by atoms with van der Waals surface area (Å²) < 4.78 is 14.0. The molecule has 0 radical (unpaired) electrons. The van der Waals surface area contributed by atoms with Gasteiger partial charge in [0, 0.05) is 12.6 Å². The van der Waals surface area contributed by atoms with Crippen LogP contribution in [-0.2, 0) is 0 Å². The van der Waals surface area contributed by atoms with Crippen LogP contribution in [0.5, 0.6) is 0 Å².